The van der Waals surface area contributed by atoms with Gasteiger partial charge in [0, 0.05) is 24.3 Å². The SMILES string of the molecule is CC(=O)c1cnc(N)c2c(C#Cc3cc4nc(C)n(C5CC5)c4cc3Cl)nn(C3CCNC3)c12. The van der Waals surface area contributed by atoms with E-state index in [2.05, 4.69) is 26.7 Å². The number of pyridine rings is 1. The lowest BCUT2D eigenvalue weighted by atomic mass is 10.1. The maximum atomic E-state index is 12.4. The van der Waals surface area contributed by atoms with Gasteiger partial charge < -0.3 is 15.6 Å². The Hall–Kier alpha value is -3.41. The van der Waals surface area contributed by atoms with Gasteiger partial charge in [0.1, 0.15) is 17.3 Å². The van der Waals surface area contributed by atoms with Gasteiger partial charge in [-0.15, -0.1) is 0 Å². The predicted octanol–water partition coefficient (Wildman–Crippen LogP) is 3.80. The van der Waals surface area contributed by atoms with Gasteiger partial charge in [-0.3, -0.25) is 9.48 Å². The lowest BCUT2D eigenvalue weighted by Crippen LogP contribution is -2.15. The van der Waals surface area contributed by atoms with Gasteiger partial charge in [-0.05, 0) is 57.7 Å². The molecule has 6 rings (SSSR count). The Morgan fingerprint density at radius 1 is 1.24 bits per heavy atom. The molecule has 1 aromatic carbocycles. The number of nitrogens with two attached hydrogens (primary N) is 1. The Morgan fingerprint density at radius 2 is 2.06 bits per heavy atom. The molecule has 0 bridgehead atoms. The van der Waals surface area contributed by atoms with E-state index >= 15 is 0 Å². The summed E-state index contributed by atoms with van der Waals surface area (Å²) in [6.07, 6.45) is 4.79. The number of nitrogens with one attached hydrogen (secondary N) is 1. The summed E-state index contributed by atoms with van der Waals surface area (Å²) in [4.78, 5) is 21.4. The van der Waals surface area contributed by atoms with Crippen LogP contribution in [0.25, 0.3) is 21.9 Å². The fourth-order valence-electron chi connectivity index (χ4n) is 4.90. The zero-order valence-corrected chi connectivity index (χ0v) is 19.8. The molecule has 3 N–H and O–H groups in total. The molecule has 1 unspecified atom stereocenters. The minimum absolute atomic E-state index is 0.0840. The number of ketones is 1. The highest BCUT2D eigenvalue weighted by Crippen LogP contribution is 2.39. The van der Waals surface area contributed by atoms with E-state index in [4.69, 9.17) is 27.4 Å². The maximum absolute atomic E-state index is 12.4. The van der Waals surface area contributed by atoms with Crippen molar-refractivity contribution < 1.29 is 4.79 Å². The van der Waals surface area contributed by atoms with Crippen LogP contribution < -0.4 is 11.1 Å². The standard InChI is InChI=1S/C25H24ClN7O/c1-13(34)18-12-29-25(27)23-20(31-33(24(18)23)17-7-8-28-11-17)6-3-15-9-21-22(10-19(15)26)32(14(2)30-21)16-4-5-16/h9-10,12,16-17,28H,4-5,7-8,11H2,1-2H3,(H2,27,29). The van der Waals surface area contributed by atoms with E-state index < -0.39 is 0 Å². The molecule has 2 fully saturated rings. The van der Waals surface area contributed by atoms with Crippen LogP contribution >= 0.6 is 11.6 Å². The highest BCUT2D eigenvalue weighted by atomic mass is 35.5. The molecule has 2 aliphatic rings. The highest BCUT2D eigenvalue weighted by Gasteiger charge is 2.28. The molecule has 3 aromatic heterocycles. The quantitative estimate of drug-likeness (QED) is 0.346. The van der Waals surface area contributed by atoms with Crippen molar-refractivity contribution in [3.8, 4) is 11.8 Å². The van der Waals surface area contributed by atoms with Gasteiger partial charge in [0.25, 0.3) is 0 Å². The van der Waals surface area contributed by atoms with Crippen LogP contribution in [-0.4, -0.2) is 43.2 Å². The summed E-state index contributed by atoms with van der Waals surface area (Å²) in [5.41, 5.74) is 10.5. The lowest BCUT2D eigenvalue weighted by Gasteiger charge is -2.12. The van der Waals surface area contributed by atoms with Crippen LogP contribution in [0.4, 0.5) is 5.82 Å². The first-order valence-corrected chi connectivity index (χ1v) is 11.9. The molecule has 1 aliphatic heterocycles. The summed E-state index contributed by atoms with van der Waals surface area (Å²) in [5, 5.41) is 9.33. The molecular formula is C25H24ClN7O. The van der Waals surface area contributed by atoms with Gasteiger partial charge in [0.05, 0.1) is 38.6 Å². The van der Waals surface area contributed by atoms with Crippen molar-refractivity contribution in [2.45, 2.75) is 45.2 Å². The number of Topliss-reactive ketones (excluding diaryl/α,β-unsaturated/α-hetero) is 1. The number of hydrogen-bond donors (Lipinski definition) is 2. The van der Waals surface area contributed by atoms with E-state index in [9.17, 15) is 4.79 Å². The van der Waals surface area contributed by atoms with Crippen molar-refractivity contribution in [2.24, 2.45) is 0 Å². The number of imidazole rings is 1. The van der Waals surface area contributed by atoms with Crippen LogP contribution in [0.2, 0.25) is 5.02 Å². The normalized spacial score (nSPS) is 17.9. The van der Waals surface area contributed by atoms with Crippen molar-refractivity contribution in [3.63, 3.8) is 0 Å². The van der Waals surface area contributed by atoms with Gasteiger partial charge in [0.2, 0.25) is 0 Å². The second-order valence-electron chi connectivity index (χ2n) is 9.11. The Kier molecular flexibility index (Phi) is 4.87. The van der Waals surface area contributed by atoms with Crippen molar-refractivity contribution in [2.75, 3.05) is 18.8 Å². The van der Waals surface area contributed by atoms with Gasteiger partial charge in [-0.2, -0.15) is 5.10 Å². The number of fused-ring (bicyclic) bond motifs is 2. The number of aryl methyl sites for hydroxylation is 1. The fourth-order valence-corrected chi connectivity index (χ4v) is 5.11. The molecule has 1 atom stereocenters. The molecule has 0 spiro atoms. The van der Waals surface area contributed by atoms with Crippen molar-refractivity contribution in [3.05, 3.63) is 46.0 Å². The highest BCUT2D eigenvalue weighted by molar-refractivity contribution is 6.32. The number of nitrogens with zero attached hydrogens (tertiary/aromatic N) is 5. The molecule has 1 saturated heterocycles. The number of anilines is 1. The number of hydrogen-bond acceptors (Lipinski definition) is 6. The number of benzene rings is 1. The topological polar surface area (TPSA) is 104 Å². The summed E-state index contributed by atoms with van der Waals surface area (Å²) < 4.78 is 4.15. The summed E-state index contributed by atoms with van der Waals surface area (Å²) >= 11 is 6.64. The molecule has 1 aliphatic carbocycles. The van der Waals surface area contributed by atoms with Crippen molar-refractivity contribution in [1.82, 2.24) is 29.6 Å². The smallest absolute Gasteiger partial charge is 0.163 e. The fraction of sp³-hybridized carbons (Fsp3) is 0.360. The van der Waals surface area contributed by atoms with Crippen molar-refractivity contribution in [1.29, 1.82) is 0 Å². The molecule has 0 amide bonds. The molecular weight excluding hydrogens is 450 g/mol. The summed E-state index contributed by atoms with van der Waals surface area (Å²) in [5.74, 6) is 7.55. The van der Waals surface area contributed by atoms with Gasteiger partial charge in [-0.25, -0.2) is 9.97 Å². The third-order valence-electron chi connectivity index (χ3n) is 6.70. The van der Waals surface area contributed by atoms with E-state index in [0.29, 0.717) is 44.6 Å². The Balaban J connectivity index is 1.51. The third-order valence-corrected chi connectivity index (χ3v) is 7.01. The maximum Gasteiger partial charge on any atom is 0.163 e. The van der Waals surface area contributed by atoms with Crippen LogP contribution in [0.3, 0.4) is 0 Å². The van der Waals surface area contributed by atoms with E-state index in [1.54, 1.807) is 0 Å². The Morgan fingerprint density at radius 3 is 2.76 bits per heavy atom. The molecule has 34 heavy (non-hydrogen) atoms. The zero-order chi connectivity index (χ0) is 23.6. The first-order chi connectivity index (χ1) is 16.4. The average Bonchev–Trinajstić information content (AvgIpc) is 3.20. The third kappa shape index (κ3) is 3.35. The molecule has 4 aromatic rings. The molecule has 4 heterocycles. The number of rotatable bonds is 3. The molecule has 0 radical (unpaired) electrons. The van der Waals surface area contributed by atoms with E-state index in [1.807, 2.05) is 23.7 Å². The van der Waals surface area contributed by atoms with E-state index in [0.717, 1.165) is 36.4 Å². The number of halogens is 1. The minimum Gasteiger partial charge on any atom is -0.383 e. The monoisotopic (exact) mass is 473 g/mol. The van der Waals surface area contributed by atoms with Crippen molar-refractivity contribution >= 4 is 45.1 Å². The largest absolute Gasteiger partial charge is 0.383 e. The van der Waals surface area contributed by atoms with Crippen LogP contribution in [0, 0.1) is 18.8 Å². The van der Waals surface area contributed by atoms with Gasteiger partial charge >= 0.3 is 0 Å². The number of carbonyl (C=O) groups is 1. The van der Waals surface area contributed by atoms with Crippen LogP contribution in [0.15, 0.2) is 18.3 Å². The molecule has 1 saturated carbocycles. The average molecular weight is 474 g/mol. The first-order valence-electron chi connectivity index (χ1n) is 11.5. The van der Waals surface area contributed by atoms with Crippen LogP contribution in [0.5, 0.6) is 0 Å². The first kappa shape index (κ1) is 21.1. The van der Waals surface area contributed by atoms with E-state index in [-0.39, 0.29) is 11.8 Å². The second kappa shape index (κ2) is 7.83. The summed E-state index contributed by atoms with van der Waals surface area (Å²) in [7, 11) is 0. The number of carbonyl (C=O) groups excluding carboxylic acids is 1. The molecule has 8 nitrogen and oxygen atoms in total. The second-order valence-corrected chi connectivity index (χ2v) is 9.51. The van der Waals surface area contributed by atoms with Crippen LogP contribution in [0.1, 0.15) is 65.7 Å². The molecule has 9 heteroatoms. The predicted molar refractivity (Wildman–Crippen MR) is 132 cm³/mol. The Bertz CT molecular complexity index is 1540. The van der Waals surface area contributed by atoms with Gasteiger partial charge in [-0.1, -0.05) is 17.5 Å². The van der Waals surface area contributed by atoms with Crippen LogP contribution in [-0.2, 0) is 0 Å². The number of aromatic nitrogens is 5. The Labute approximate surface area is 201 Å². The summed E-state index contributed by atoms with van der Waals surface area (Å²) in [6, 6.07) is 4.51. The van der Waals surface area contributed by atoms with Gasteiger partial charge in [0.15, 0.2) is 5.78 Å². The molecule has 172 valence electrons. The summed E-state index contributed by atoms with van der Waals surface area (Å²) in [6.45, 7) is 5.22. The zero-order valence-electron chi connectivity index (χ0n) is 19.0. The lowest BCUT2D eigenvalue weighted by molar-refractivity contribution is 0.101. The number of nitrogen functional groups attached to an aromatic ring is 1. The van der Waals surface area contributed by atoms with E-state index in [1.165, 1.54) is 26.0 Å². The minimum atomic E-state index is -0.0840.